The fourth-order valence-electron chi connectivity index (χ4n) is 4.06. The van der Waals surface area contributed by atoms with Crippen LogP contribution in [0.15, 0.2) is 59.2 Å². The van der Waals surface area contributed by atoms with Crippen molar-refractivity contribution in [2.45, 2.75) is 40.5 Å². The van der Waals surface area contributed by atoms with Gasteiger partial charge in [-0.05, 0) is 63.9 Å². The van der Waals surface area contributed by atoms with E-state index in [1.54, 1.807) is 32.0 Å². The Morgan fingerprint density at radius 1 is 1.05 bits per heavy atom. The van der Waals surface area contributed by atoms with E-state index >= 15 is 0 Å². The van der Waals surface area contributed by atoms with Crippen LogP contribution in [-0.2, 0) is 19.1 Å². The number of nitrogens with zero attached hydrogens (tertiary/aromatic N) is 1. The molecule has 37 heavy (non-hydrogen) atoms. The maximum absolute atomic E-state index is 12.8. The van der Waals surface area contributed by atoms with Gasteiger partial charge in [-0.15, -0.1) is 0 Å². The summed E-state index contributed by atoms with van der Waals surface area (Å²) in [6, 6.07) is 12.8. The molecule has 2 aromatic carbocycles. The first-order valence-corrected chi connectivity index (χ1v) is 11.9. The van der Waals surface area contributed by atoms with Gasteiger partial charge in [0.05, 0.1) is 24.7 Å². The zero-order valence-corrected chi connectivity index (χ0v) is 21.6. The first-order chi connectivity index (χ1) is 17.7. The highest BCUT2D eigenvalue weighted by molar-refractivity contribution is 5.93. The molecule has 1 unspecified atom stereocenters. The van der Waals surface area contributed by atoms with E-state index in [9.17, 15) is 14.9 Å². The van der Waals surface area contributed by atoms with Crippen LogP contribution in [0.25, 0.3) is 0 Å². The Balaban J connectivity index is 1.89. The molecule has 3 N–H and O–H groups in total. The van der Waals surface area contributed by atoms with Crippen LogP contribution in [0.2, 0.25) is 0 Å². The molecule has 9 nitrogen and oxygen atoms in total. The topological polar surface area (TPSA) is 133 Å². The molecule has 0 bridgehead atoms. The number of hydrogen-bond donors (Lipinski definition) is 2. The number of aryl methyl sites for hydroxylation is 2. The predicted molar refractivity (Wildman–Crippen MR) is 138 cm³/mol. The lowest BCUT2D eigenvalue weighted by Gasteiger charge is -2.27. The van der Waals surface area contributed by atoms with Crippen LogP contribution in [0.5, 0.6) is 11.5 Å². The summed E-state index contributed by atoms with van der Waals surface area (Å²) in [7, 11) is 0. The summed E-state index contributed by atoms with van der Waals surface area (Å²) in [5.41, 5.74) is 9.56. The monoisotopic (exact) mass is 505 g/mol. The van der Waals surface area contributed by atoms with E-state index in [0.717, 1.165) is 11.1 Å². The Labute approximate surface area is 216 Å². The lowest BCUT2D eigenvalue weighted by molar-refractivity contribution is -0.139. The molecule has 1 heterocycles. The Bertz CT molecular complexity index is 1310. The number of allylic oxidation sites excluding steroid dienone is 2. The molecule has 0 spiro atoms. The van der Waals surface area contributed by atoms with E-state index in [0.29, 0.717) is 29.4 Å². The molecule has 0 saturated carbocycles. The zero-order valence-electron chi connectivity index (χ0n) is 21.6. The summed E-state index contributed by atoms with van der Waals surface area (Å²) in [4.78, 5) is 25.3. The molecule has 0 fully saturated rings. The molecule has 0 aromatic heterocycles. The van der Waals surface area contributed by atoms with E-state index in [4.69, 9.17) is 24.7 Å². The van der Waals surface area contributed by atoms with Crippen molar-refractivity contribution in [1.82, 2.24) is 0 Å². The SMILES string of the molecule is CCOC(=O)C1=C(C)OC(N)=C(C#N)C1c1ccc(OCC(=O)Nc2ccc(C)cc2C)c(OCC)c1. The first-order valence-electron chi connectivity index (χ1n) is 11.9. The number of carbonyl (C=O) groups is 2. The van der Waals surface area contributed by atoms with Crippen LogP contribution in [0, 0.1) is 25.2 Å². The minimum absolute atomic E-state index is 0.0811. The van der Waals surface area contributed by atoms with Crippen molar-refractivity contribution < 1.29 is 28.5 Å². The molecule has 0 saturated heterocycles. The first kappa shape index (κ1) is 27.1. The average molecular weight is 506 g/mol. The minimum Gasteiger partial charge on any atom is -0.490 e. The fourth-order valence-corrected chi connectivity index (χ4v) is 4.06. The number of carbonyl (C=O) groups excluding carboxylic acids is 2. The second-order valence-electron chi connectivity index (χ2n) is 8.41. The molecule has 0 aliphatic carbocycles. The van der Waals surface area contributed by atoms with Gasteiger partial charge in [0.1, 0.15) is 17.4 Å². The number of esters is 1. The van der Waals surface area contributed by atoms with Crippen molar-refractivity contribution in [2.75, 3.05) is 25.1 Å². The van der Waals surface area contributed by atoms with Crippen molar-refractivity contribution in [1.29, 1.82) is 5.26 Å². The van der Waals surface area contributed by atoms with E-state index in [2.05, 4.69) is 5.32 Å². The molecule has 1 amide bonds. The van der Waals surface area contributed by atoms with E-state index < -0.39 is 11.9 Å². The van der Waals surface area contributed by atoms with Gasteiger partial charge in [0.15, 0.2) is 18.1 Å². The van der Waals surface area contributed by atoms with E-state index in [1.807, 2.05) is 45.0 Å². The molecule has 1 aliphatic heterocycles. The lowest BCUT2D eigenvalue weighted by Crippen LogP contribution is -2.25. The van der Waals surface area contributed by atoms with Crippen LogP contribution in [0.4, 0.5) is 5.69 Å². The Morgan fingerprint density at radius 3 is 2.46 bits per heavy atom. The zero-order chi connectivity index (χ0) is 27.1. The van der Waals surface area contributed by atoms with Gasteiger partial charge < -0.3 is 30.0 Å². The van der Waals surface area contributed by atoms with Gasteiger partial charge in [0, 0.05) is 5.69 Å². The molecule has 2 aromatic rings. The number of hydrogen-bond acceptors (Lipinski definition) is 8. The maximum atomic E-state index is 12.8. The van der Waals surface area contributed by atoms with Crippen LogP contribution in [-0.4, -0.2) is 31.7 Å². The molecule has 3 rings (SSSR count). The predicted octanol–water partition coefficient (Wildman–Crippen LogP) is 4.36. The standard InChI is InChI=1S/C28H31N3O6/c1-6-34-23-13-19(26-20(14-29)27(30)37-18(5)25(26)28(33)35-7-2)9-11-22(23)36-15-24(32)31-21-10-8-16(3)12-17(21)4/h8-13,26H,6-7,15,30H2,1-5H3,(H,31,32). The van der Waals surface area contributed by atoms with Crippen LogP contribution in [0.3, 0.4) is 0 Å². The number of ether oxygens (including phenoxy) is 4. The van der Waals surface area contributed by atoms with Crippen LogP contribution >= 0.6 is 0 Å². The van der Waals surface area contributed by atoms with Gasteiger partial charge in [-0.3, -0.25) is 4.79 Å². The number of anilines is 1. The Hall–Kier alpha value is -4.45. The third kappa shape index (κ3) is 6.22. The summed E-state index contributed by atoms with van der Waals surface area (Å²) in [6.45, 7) is 9.24. The highest BCUT2D eigenvalue weighted by Crippen LogP contribution is 2.42. The quantitative estimate of drug-likeness (QED) is 0.480. The largest absolute Gasteiger partial charge is 0.490 e. The highest BCUT2D eigenvalue weighted by Gasteiger charge is 2.36. The van der Waals surface area contributed by atoms with Crippen molar-refractivity contribution in [2.24, 2.45) is 5.73 Å². The third-order valence-corrected chi connectivity index (χ3v) is 5.72. The van der Waals surface area contributed by atoms with Crippen molar-refractivity contribution in [3.8, 4) is 17.6 Å². The minimum atomic E-state index is -0.820. The fraction of sp³-hybridized carbons (Fsp3) is 0.321. The van der Waals surface area contributed by atoms with Gasteiger partial charge in [-0.25, -0.2) is 4.79 Å². The summed E-state index contributed by atoms with van der Waals surface area (Å²) >= 11 is 0. The summed E-state index contributed by atoms with van der Waals surface area (Å²) in [5, 5.41) is 12.6. The molecule has 194 valence electrons. The molecule has 0 radical (unpaired) electrons. The van der Waals surface area contributed by atoms with Gasteiger partial charge in [-0.2, -0.15) is 5.26 Å². The number of rotatable bonds is 9. The summed E-state index contributed by atoms with van der Waals surface area (Å²) in [6.07, 6.45) is 0. The Kier molecular flexibility index (Phi) is 8.80. The van der Waals surface area contributed by atoms with Gasteiger partial charge in [0.2, 0.25) is 5.88 Å². The molecule has 1 aliphatic rings. The van der Waals surface area contributed by atoms with Gasteiger partial charge >= 0.3 is 5.97 Å². The number of benzene rings is 2. The number of amides is 1. The number of nitriles is 1. The van der Waals surface area contributed by atoms with Crippen LogP contribution in [0.1, 0.15) is 43.4 Å². The van der Waals surface area contributed by atoms with Crippen molar-refractivity contribution >= 4 is 17.6 Å². The van der Waals surface area contributed by atoms with Crippen molar-refractivity contribution in [3.05, 3.63) is 75.9 Å². The van der Waals surface area contributed by atoms with E-state index in [1.165, 1.54) is 0 Å². The normalized spacial score (nSPS) is 15.0. The number of nitrogens with one attached hydrogen (secondary N) is 1. The van der Waals surface area contributed by atoms with Gasteiger partial charge in [-0.1, -0.05) is 23.8 Å². The van der Waals surface area contributed by atoms with Crippen LogP contribution < -0.4 is 20.5 Å². The van der Waals surface area contributed by atoms with Gasteiger partial charge in [0.25, 0.3) is 5.91 Å². The summed E-state index contributed by atoms with van der Waals surface area (Å²) < 4.78 is 22.2. The maximum Gasteiger partial charge on any atom is 0.338 e. The summed E-state index contributed by atoms with van der Waals surface area (Å²) in [5.74, 6) is -0.899. The lowest BCUT2D eigenvalue weighted by atomic mass is 9.83. The molecule has 9 heteroatoms. The second-order valence-corrected chi connectivity index (χ2v) is 8.41. The van der Waals surface area contributed by atoms with E-state index in [-0.39, 0.29) is 41.9 Å². The molecule has 1 atom stereocenters. The molecular weight excluding hydrogens is 474 g/mol. The highest BCUT2D eigenvalue weighted by atomic mass is 16.5. The Morgan fingerprint density at radius 2 is 1.81 bits per heavy atom. The third-order valence-electron chi connectivity index (χ3n) is 5.72. The van der Waals surface area contributed by atoms with Crippen molar-refractivity contribution in [3.63, 3.8) is 0 Å². The smallest absolute Gasteiger partial charge is 0.338 e. The number of nitrogens with two attached hydrogens (primary N) is 1. The molecular formula is C28H31N3O6. The second kappa shape index (κ2) is 12.0. The average Bonchev–Trinajstić information content (AvgIpc) is 2.85.